The van der Waals surface area contributed by atoms with Crippen LogP contribution in [-0.2, 0) is 29.0 Å². The van der Waals surface area contributed by atoms with Crippen molar-refractivity contribution >= 4 is 11.8 Å². The SMILES string of the molecule is Cc1nnc2n1C[C@@H](NC(=O)COc1ccc(CC(N)=O)cc1)CC2. The van der Waals surface area contributed by atoms with Gasteiger partial charge in [0.15, 0.2) is 6.61 Å². The van der Waals surface area contributed by atoms with Crippen LogP contribution in [0.1, 0.15) is 23.6 Å². The molecule has 8 heteroatoms. The van der Waals surface area contributed by atoms with Gasteiger partial charge in [-0.25, -0.2) is 0 Å². The topological polar surface area (TPSA) is 112 Å². The Morgan fingerprint density at radius 3 is 2.80 bits per heavy atom. The van der Waals surface area contributed by atoms with Gasteiger partial charge in [-0.2, -0.15) is 0 Å². The summed E-state index contributed by atoms with van der Waals surface area (Å²) in [5.74, 6) is 1.85. The molecule has 1 atom stereocenters. The molecule has 132 valence electrons. The van der Waals surface area contributed by atoms with Gasteiger partial charge < -0.3 is 20.4 Å². The highest BCUT2D eigenvalue weighted by atomic mass is 16.5. The Hall–Kier alpha value is -2.90. The number of primary amides is 1. The zero-order chi connectivity index (χ0) is 17.8. The van der Waals surface area contributed by atoms with Crippen LogP contribution in [0.5, 0.6) is 5.75 Å². The Morgan fingerprint density at radius 1 is 1.32 bits per heavy atom. The summed E-state index contributed by atoms with van der Waals surface area (Å²) in [7, 11) is 0. The first-order chi connectivity index (χ1) is 12.0. The van der Waals surface area contributed by atoms with Crippen LogP contribution < -0.4 is 15.8 Å². The van der Waals surface area contributed by atoms with E-state index in [1.54, 1.807) is 24.3 Å². The predicted octanol–water partition coefficient (Wildman–Crippen LogP) is 0.124. The number of fused-ring (bicyclic) bond motifs is 1. The van der Waals surface area contributed by atoms with Crippen molar-refractivity contribution in [1.82, 2.24) is 20.1 Å². The highest BCUT2D eigenvalue weighted by molar-refractivity contribution is 5.78. The summed E-state index contributed by atoms with van der Waals surface area (Å²) in [6, 6.07) is 7.01. The average molecular weight is 343 g/mol. The highest BCUT2D eigenvalue weighted by Gasteiger charge is 2.22. The first-order valence-corrected chi connectivity index (χ1v) is 8.19. The van der Waals surface area contributed by atoms with Crippen LogP contribution in [0, 0.1) is 6.92 Å². The Bertz CT molecular complexity index is 769. The minimum absolute atomic E-state index is 0.0521. The van der Waals surface area contributed by atoms with Gasteiger partial charge in [0.1, 0.15) is 17.4 Å². The maximum Gasteiger partial charge on any atom is 0.258 e. The van der Waals surface area contributed by atoms with E-state index in [1.807, 2.05) is 11.5 Å². The van der Waals surface area contributed by atoms with Crippen molar-refractivity contribution in [2.45, 2.75) is 38.8 Å². The molecule has 1 aromatic heterocycles. The standard InChI is InChI=1S/C17H21N5O3/c1-11-20-21-16-7-4-13(9-22(11)16)19-17(24)10-25-14-5-2-12(3-6-14)8-15(18)23/h2-3,5-6,13H,4,7-10H2,1H3,(H2,18,23)(H,19,24)/t13-/m0/s1. The summed E-state index contributed by atoms with van der Waals surface area (Å²) >= 11 is 0. The maximum absolute atomic E-state index is 12.1. The Balaban J connectivity index is 1.47. The van der Waals surface area contributed by atoms with Gasteiger partial charge in [-0.1, -0.05) is 12.1 Å². The summed E-state index contributed by atoms with van der Waals surface area (Å²) in [6.07, 6.45) is 1.83. The maximum atomic E-state index is 12.1. The number of benzene rings is 1. The number of hydrogen-bond donors (Lipinski definition) is 2. The van der Waals surface area contributed by atoms with E-state index in [2.05, 4.69) is 15.5 Å². The van der Waals surface area contributed by atoms with Crippen molar-refractivity contribution in [3.05, 3.63) is 41.5 Å². The third-order valence-electron chi connectivity index (χ3n) is 4.17. The zero-order valence-electron chi connectivity index (χ0n) is 14.1. The summed E-state index contributed by atoms with van der Waals surface area (Å²) in [5, 5.41) is 11.2. The lowest BCUT2D eigenvalue weighted by Crippen LogP contribution is -2.43. The number of hydrogen-bond acceptors (Lipinski definition) is 5. The van der Waals surface area contributed by atoms with E-state index in [1.165, 1.54) is 0 Å². The lowest BCUT2D eigenvalue weighted by atomic mass is 10.1. The fourth-order valence-corrected chi connectivity index (χ4v) is 2.90. The van der Waals surface area contributed by atoms with E-state index < -0.39 is 0 Å². The molecule has 2 aromatic rings. The fourth-order valence-electron chi connectivity index (χ4n) is 2.90. The number of nitrogens with one attached hydrogen (secondary N) is 1. The van der Waals surface area contributed by atoms with Gasteiger partial charge in [0, 0.05) is 19.0 Å². The van der Waals surface area contributed by atoms with Crippen LogP contribution in [0.3, 0.4) is 0 Å². The smallest absolute Gasteiger partial charge is 0.258 e. The van der Waals surface area contributed by atoms with Crippen molar-refractivity contribution in [3.63, 3.8) is 0 Å². The third kappa shape index (κ3) is 4.34. The lowest BCUT2D eigenvalue weighted by Gasteiger charge is -2.24. The van der Waals surface area contributed by atoms with Gasteiger partial charge in [-0.15, -0.1) is 10.2 Å². The molecule has 3 N–H and O–H groups in total. The fraction of sp³-hybridized carbons (Fsp3) is 0.412. The van der Waals surface area contributed by atoms with Gasteiger partial charge >= 0.3 is 0 Å². The predicted molar refractivity (Wildman–Crippen MR) is 89.8 cm³/mol. The van der Waals surface area contributed by atoms with Crippen molar-refractivity contribution in [3.8, 4) is 5.75 Å². The Morgan fingerprint density at radius 2 is 2.08 bits per heavy atom. The van der Waals surface area contributed by atoms with Crippen molar-refractivity contribution < 1.29 is 14.3 Å². The van der Waals surface area contributed by atoms with Gasteiger partial charge in [0.05, 0.1) is 6.42 Å². The van der Waals surface area contributed by atoms with Crippen molar-refractivity contribution in [1.29, 1.82) is 0 Å². The van der Waals surface area contributed by atoms with Crippen LogP contribution in [0.2, 0.25) is 0 Å². The van der Waals surface area contributed by atoms with Crippen LogP contribution in [0.4, 0.5) is 0 Å². The number of carbonyl (C=O) groups is 2. The van der Waals surface area contributed by atoms with Crippen LogP contribution in [0.25, 0.3) is 0 Å². The van der Waals surface area contributed by atoms with Crippen molar-refractivity contribution in [2.24, 2.45) is 5.73 Å². The molecular formula is C17H21N5O3. The number of carbonyl (C=O) groups excluding carboxylic acids is 2. The second kappa shape index (κ2) is 7.33. The Labute approximate surface area is 145 Å². The van der Waals surface area contributed by atoms with Crippen LogP contribution in [0.15, 0.2) is 24.3 Å². The summed E-state index contributed by atoms with van der Waals surface area (Å²) in [6.45, 7) is 2.53. The number of rotatable bonds is 6. The molecule has 0 saturated carbocycles. The Kier molecular flexibility index (Phi) is 4.97. The molecule has 25 heavy (non-hydrogen) atoms. The summed E-state index contributed by atoms with van der Waals surface area (Å²) in [5.41, 5.74) is 5.96. The molecule has 1 aliphatic rings. The lowest BCUT2D eigenvalue weighted by molar-refractivity contribution is -0.124. The molecule has 0 bridgehead atoms. The molecule has 1 aliphatic heterocycles. The normalized spacial score (nSPS) is 16.1. The largest absolute Gasteiger partial charge is 0.484 e. The number of aryl methyl sites for hydroxylation is 2. The molecule has 1 aromatic carbocycles. The van der Waals surface area contributed by atoms with Crippen LogP contribution in [-0.4, -0.2) is 39.2 Å². The summed E-state index contributed by atoms with van der Waals surface area (Å²) in [4.78, 5) is 23.0. The molecule has 0 fully saturated rings. The minimum atomic E-state index is -0.382. The molecule has 3 rings (SSSR count). The quantitative estimate of drug-likeness (QED) is 0.774. The van der Waals surface area contributed by atoms with E-state index in [-0.39, 0.29) is 30.9 Å². The monoisotopic (exact) mass is 343 g/mol. The summed E-state index contributed by atoms with van der Waals surface area (Å²) < 4.78 is 7.52. The molecule has 0 aliphatic carbocycles. The molecule has 2 heterocycles. The van der Waals surface area contributed by atoms with E-state index >= 15 is 0 Å². The van der Waals surface area contributed by atoms with E-state index in [0.29, 0.717) is 12.3 Å². The molecule has 0 radical (unpaired) electrons. The first kappa shape index (κ1) is 16.9. The second-order valence-corrected chi connectivity index (χ2v) is 6.15. The van der Waals surface area contributed by atoms with Crippen molar-refractivity contribution in [2.75, 3.05) is 6.61 Å². The molecule has 0 unspecified atom stereocenters. The van der Waals surface area contributed by atoms with E-state index in [9.17, 15) is 9.59 Å². The number of aromatic nitrogens is 3. The zero-order valence-corrected chi connectivity index (χ0v) is 14.1. The number of nitrogens with two attached hydrogens (primary N) is 1. The number of ether oxygens (including phenoxy) is 1. The van der Waals surface area contributed by atoms with Gasteiger partial charge in [0.25, 0.3) is 5.91 Å². The first-order valence-electron chi connectivity index (χ1n) is 8.19. The third-order valence-corrected chi connectivity index (χ3v) is 4.17. The molecule has 0 spiro atoms. The van der Waals surface area contributed by atoms with E-state index in [0.717, 1.165) is 30.1 Å². The van der Waals surface area contributed by atoms with Crippen LogP contribution >= 0.6 is 0 Å². The van der Waals surface area contributed by atoms with Gasteiger partial charge in [-0.05, 0) is 31.0 Å². The second-order valence-electron chi connectivity index (χ2n) is 6.15. The minimum Gasteiger partial charge on any atom is -0.484 e. The van der Waals surface area contributed by atoms with Gasteiger partial charge in [-0.3, -0.25) is 9.59 Å². The van der Waals surface area contributed by atoms with E-state index in [4.69, 9.17) is 10.5 Å². The van der Waals surface area contributed by atoms with Gasteiger partial charge in [0.2, 0.25) is 5.91 Å². The molecule has 8 nitrogen and oxygen atoms in total. The molecular weight excluding hydrogens is 322 g/mol. The molecule has 2 amide bonds. The average Bonchev–Trinajstić information content (AvgIpc) is 2.95. The highest BCUT2D eigenvalue weighted by Crippen LogP contribution is 2.15. The number of amides is 2. The number of nitrogens with zero attached hydrogens (tertiary/aromatic N) is 3. The molecule has 0 saturated heterocycles.